The lowest BCUT2D eigenvalue weighted by Gasteiger charge is -2.39. The van der Waals surface area contributed by atoms with Gasteiger partial charge in [-0.05, 0) is 24.8 Å². The number of guanidine groups is 1. The summed E-state index contributed by atoms with van der Waals surface area (Å²) in [6, 6.07) is 10.7. The Balaban J connectivity index is 1.53. The SMILES string of the molecule is Cc1nnc(CNC(=NCc2ccccc2)N2CCC(C)C(n3ccnc3)C2)n1C. The first kappa shape index (κ1) is 20.1. The van der Waals surface area contributed by atoms with Gasteiger partial charge in [-0.3, -0.25) is 0 Å². The number of nitrogens with zero attached hydrogens (tertiary/aromatic N) is 7. The lowest BCUT2D eigenvalue weighted by Crippen LogP contribution is -2.49. The first-order valence-corrected chi connectivity index (χ1v) is 10.5. The van der Waals surface area contributed by atoms with Crippen LogP contribution in [-0.2, 0) is 20.1 Å². The number of benzene rings is 1. The zero-order chi connectivity index (χ0) is 20.9. The summed E-state index contributed by atoms with van der Waals surface area (Å²) in [5.41, 5.74) is 1.20. The Bertz CT molecular complexity index is 960. The second kappa shape index (κ2) is 9.11. The molecule has 1 aliphatic heterocycles. The van der Waals surface area contributed by atoms with E-state index in [1.54, 1.807) is 0 Å². The average Bonchev–Trinajstić information content (AvgIpc) is 3.41. The van der Waals surface area contributed by atoms with Crippen molar-refractivity contribution in [3.8, 4) is 0 Å². The Morgan fingerprint density at radius 3 is 2.77 bits per heavy atom. The Kier molecular flexibility index (Phi) is 6.11. The van der Waals surface area contributed by atoms with Crippen molar-refractivity contribution < 1.29 is 0 Å². The maximum atomic E-state index is 4.96. The summed E-state index contributed by atoms with van der Waals surface area (Å²) in [6.45, 7) is 7.39. The number of hydrogen-bond donors (Lipinski definition) is 1. The van der Waals surface area contributed by atoms with Crippen molar-refractivity contribution in [2.24, 2.45) is 18.0 Å². The zero-order valence-corrected chi connectivity index (χ0v) is 17.9. The van der Waals surface area contributed by atoms with Crippen molar-refractivity contribution in [3.05, 3.63) is 66.3 Å². The lowest BCUT2D eigenvalue weighted by molar-refractivity contribution is 0.188. The minimum atomic E-state index is 0.377. The van der Waals surface area contributed by atoms with E-state index in [2.05, 4.69) is 67.4 Å². The molecule has 0 spiro atoms. The van der Waals surface area contributed by atoms with E-state index in [1.807, 2.05) is 37.1 Å². The van der Waals surface area contributed by atoms with Crippen LogP contribution in [0.15, 0.2) is 54.0 Å². The smallest absolute Gasteiger partial charge is 0.194 e. The van der Waals surface area contributed by atoms with Crippen LogP contribution in [0.2, 0.25) is 0 Å². The quantitative estimate of drug-likeness (QED) is 0.521. The van der Waals surface area contributed by atoms with Crippen LogP contribution in [-0.4, -0.2) is 48.3 Å². The van der Waals surface area contributed by atoms with E-state index in [0.29, 0.717) is 25.0 Å². The van der Waals surface area contributed by atoms with Gasteiger partial charge in [0.15, 0.2) is 11.8 Å². The van der Waals surface area contributed by atoms with E-state index in [4.69, 9.17) is 4.99 Å². The van der Waals surface area contributed by atoms with Gasteiger partial charge in [-0.2, -0.15) is 0 Å². The average molecular weight is 407 g/mol. The van der Waals surface area contributed by atoms with Gasteiger partial charge in [0.05, 0.1) is 25.5 Å². The van der Waals surface area contributed by atoms with Crippen LogP contribution in [0.3, 0.4) is 0 Å². The van der Waals surface area contributed by atoms with E-state index < -0.39 is 0 Å². The van der Waals surface area contributed by atoms with E-state index in [1.165, 1.54) is 5.56 Å². The lowest BCUT2D eigenvalue weighted by atomic mass is 9.93. The molecule has 0 radical (unpaired) electrons. The van der Waals surface area contributed by atoms with Gasteiger partial charge in [0.25, 0.3) is 0 Å². The molecule has 0 bridgehead atoms. The fourth-order valence-corrected chi connectivity index (χ4v) is 3.88. The van der Waals surface area contributed by atoms with Gasteiger partial charge in [0.1, 0.15) is 5.82 Å². The Labute approximate surface area is 177 Å². The Hall–Kier alpha value is -3.16. The predicted molar refractivity (Wildman–Crippen MR) is 117 cm³/mol. The highest BCUT2D eigenvalue weighted by Crippen LogP contribution is 2.27. The van der Waals surface area contributed by atoms with E-state index in [-0.39, 0.29) is 0 Å². The summed E-state index contributed by atoms with van der Waals surface area (Å²) < 4.78 is 4.23. The number of rotatable bonds is 5. The fourth-order valence-electron chi connectivity index (χ4n) is 3.88. The maximum Gasteiger partial charge on any atom is 0.194 e. The molecule has 2 unspecified atom stereocenters. The van der Waals surface area contributed by atoms with Crippen LogP contribution in [0.25, 0.3) is 0 Å². The standard InChI is InChI=1S/C22H30N8/c1-17-9-11-29(15-20(17)30-12-10-23-16-30)22(24-13-19-7-5-4-6-8-19)25-14-21-27-26-18(2)28(21)3/h4-8,10,12,16-17,20H,9,11,13-15H2,1-3H3,(H,24,25). The molecule has 3 heterocycles. The fraction of sp³-hybridized carbons (Fsp3) is 0.455. The molecule has 4 rings (SSSR count). The molecular weight excluding hydrogens is 376 g/mol. The van der Waals surface area contributed by atoms with Gasteiger partial charge in [-0.25, -0.2) is 9.98 Å². The third kappa shape index (κ3) is 4.53. The summed E-state index contributed by atoms with van der Waals surface area (Å²) in [5, 5.41) is 12.0. The van der Waals surface area contributed by atoms with Crippen molar-refractivity contribution in [1.82, 2.24) is 34.5 Å². The molecule has 8 nitrogen and oxygen atoms in total. The van der Waals surface area contributed by atoms with Crippen molar-refractivity contribution >= 4 is 5.96 Å². The van der Waals surface area contributed by atoms with Crippen molar-refractivity contribution in [2.45, 2.75) is 39.4 Å². The molecule has 1 aromatic carbocycles. The first-order chi connectivity index (χ1) is 14.6. The largest absolute Gasteiger partial charge is 0.349 e. The minimum absolute atomic E-state index is 0.377. The number of piperidine rings is 1. The van der Waals surface area contributed by atoms with Gasteiger partial charge < -0.3 is 19.4 Å². The summed E-state index contributed by atoms with van der Waals surface area (Å²) in [4.78, 5) is 11.6. The van der Waals surface area contributed by atoms with Gasteiger partial charge >= 0.3 is 0 Å². The molecule has 1 fully saturated rings. The third-order valence-corrected chi connectivity index (χ3v) is 5.97. The van der Waals surface area contributed by atoms with Gasteiger partial charge in [-0.15, -0.1) is 10.2 Å². The molecule has 0 saturated carbocycles. The maximum absolute atomic E-state index is 4.96. The number of aromatic nitrogens is 5. The Morgan fingerprint density at radius 2 is 2.07 bits per heavy atom. The molecule has 158 valence electrons. The van der Waals surface area contributed by atoms with Crippen molar-refractivity contribution in [2.75, 3.05) is 13.1 Å². The second-order valence-corrected chi connectivity index (χ2v) is 7.99. The molecular formula is C22H30N8. The van der Waals surface area contributed by atoms with E-state index >= 15 is 0 Å². The van der Waals surface area contributed by atoms with Gasteiger partial charge in [0, 0.05) is 32.5 Å². The summed E-state index contributed by atoms with van der Waals surface area (Å²) in [7, 11) is 1.99. The van der Waals surface area contributed by atoms with Crippen LogP contribution in [0, 0.1) is 12.8 Å². The van der Waals surface area contributed by atoms with Crippen LogP contribution in [0.5, 0.6) is 0 Å². The third-order valence-electron chi connectivity index (χ3n) is 5.97. The van der Waals surface area contributed by atoms with Crippen LogP contribution in [0.1, 0.15) is 36.6 Å². The number of nitrogens with one attached hydrogen (secondary N) is 1. The van der Waals surface area contributed by atoms with Crippen molar-refractivity contribution in [1.29, 1.82) is 0 Å². The summed E-state index contributed by atoms with van der Waals surface area (Å²) >= 11 is 0. The Morgan fingerprint density at radius 1 is 1.23 bits per heavy atom. The number of imidazole rings is 1. The summed E-state index contributed by atoms with van der Waals surface area (Å²) in [5.74, 6) is 3.31. The van der Waals surface area contributed by atoms with Crippen molar-refractivity contribution in [3.63, 3.8) is 0 Å². The molecule has 1 aliphatic rings. The van der Waals surface area contributed by atoms with E-state index in [0.717, 1.165) is 37.1 Å². The normalized spacial score (nSPS) is 19.8. The zero-order valence-electron chi connectivity index (χ0n) is 17.9. The molecule has 3 aromatic rings. The van der Waals surface area contributed by atoms with Crippen LogP contribution in [0.4, 0.5) is 0 Å². The molecule has 8 heteroatoms. The topological polar surface area (TPSA) is 76.2 Å². The number of likely N-dealkylation sites (tertiary alicyclic amines) is 1. The minimum Gasteiger partial charge on any atom is -0.349 e. The van der Waals surface area contributed by atoms with Crippen LogP contribution < -0.4 is 5.32 Å². The molecule has 0 aliphatic carbocycles. The van der Waals surface area contributed by atoms with E-state index in [9.17, 15) is 0 Å². The highest BCUT2D eigenvalue weighted by molar-refractivity contribution is 5.80. The molecule has 2 aromatic heterocycles. The number of aryl methyl sites for hydroxylation is 1. The summed E-state index contributed by atoms with van der Waals surface area (Å²) in [6.07, 6.45) is 6.94. The molecule has 30 heavy (non-hydrogen) atoms. The number of hydrogen-bond acceptors (Lipinski definition) is 4. The second-order valence-electron chi connectivity index (χ2n) is 7.99. The monoisotopic (exact) mass is 406 g/mol. The highest BCUT2D eigenvalue weighted by atomic mass is 15.3. The highest BCUT2D eigenvalue weighted by Gasteiger charge is 2.29. The first-order valence-electron chi connectivity index (χ1n) is 10.5. The molecule has 1 saturated heterocycles. The predicted octanol–water partition coefficient (Wildman–Crippen LogP) is 2.55. The molecule has 0 amide bonds. The van der Waals surface area contributed by atoms with Gasteiger partial charge in [-0.1, -0.05) is 37.3 Å². The van der Waals surface area contributed by atoms with Crippen LogP contribution >= 0.6 is 0 Å². The molecule has 2 atom stereocenters. The molecule has 1 N–H and O–H groups in total. The number of aliphatic imine (C=N–C) groups is 1. The van der Waals surface area contributed by atoms with Gasteiger partial charge in [0.2, 0.25) is 0 Å².